The highest BCUT2D eigenvalue weighted by molar-refractivity contribution is 7.89. The van der Waals surface area contributed by atoms with Crippen LogP contribution in [-0.2, 0) is 29.1 Å². The molecule has 0 bridgehead atoms. The van der Waals surface area contributed by atoms with Crippen molar-refractivity contribution in [1.82, 2.24) is 4.72 Å². The standard InChI is InChI=1S/C21H27NO7S/c1-4-5-14-29-18-11-12-19(16-9-7-6-8-15(16)18)30(25,26)22-17(21(24)28-3)10-13-20(23)27-2/h6-9,11-12,17,22H,4-5,10,13-14H2,1-3H3/t17-/m1/s1. The molecule has 0 unspecified atom stereocenters. The van der Waals surface area contributed by atoms with Gasteiger partial charge in [-0.25, -0.2) is 8.42 Å². The first-order valence-corrected chi connectivity index (χ1v) is 11.1. The third kappa shape index (κ3) is 5.93. The Morgan fingerprint density at radius 1 is 1.03 bits per heavy atom. The van der Waals surface area contributed by atoms with E-state index in [2.05, 4.69) is 21.1 Å². The van der Waals surface area contributed by atoms with Crippen molar-refractivity contribution >= 4 is 32.7 Å². The van der Waals surface area contributed by atoms with Crippen molar-refractivity contribution in [3.63, 3.8) is 0 Å². The summed E-state index contributed by atoms with van der Waals surface area (Å²) in [5, 5.41) is 1.12. The van der Waals surface area contributed by atoms with E-state index in [0.29, 0.717) is 23.1 Å². The van der Waals surface area contributed by atoms with Crippen LogP contribution >= 0.6 is 0 Å². The van der Waals surface area contributed by atoms with Crippen molar-refractivity contribution < 1.29 is 32.2 Å². The summed E-state index contributed by atoms with van der Waals surface area (Å²) in [5.41, 5.74) is 0. The summed E-state index contributed by atoms with van der Waals surface area (Å²) >= 11 is 0. The number of fused-ring (bicyclic) bond motifs is 1. The molecule has 0 aliphatic carbocycles. The average molecular weight is 438 g/mol. The van der Waals surface area contributed by atoms with Gasteiger partial charge in [-0.2, -0.15) is 4.72 Å². The molecule has 0 heterocycles. The molecule has 2 aromatic carbocycles. The van der Waals surface area contributed by atoms with Crippen LogP contribution < -0.4 is 9.46 Å². The molecule has 30 heavy (non-hydrogen) atoms. The van der Waals surface area contributed by atoms with E-state index in [1.165, 1.54) is 13.2 Å². The minimum Gasteiger partial charge on any atom is -0.493 e. The fourth-order valence-electron chi connectivity index (χ4n) is 2.91. The van der Waals surface area contributed by atoms with Crippen molar-refractivity contribution in [2.45, 2.75) is 43.5 Å². The lowest BCUT2D eigenvalue weighted by Gasteiger charge is -2.18. The number of carbonyl (C=O) groups is 2. The van der Waals surface area contributed by atoms with E-state index in [1.54, 1.807) is 30.3 Å². The zero-order valence-electron chi connectivity index (χ0n) is 17.3. The number of ether oxygens (including phenoxy) is 3. The van der Waals surface area contributed by atoms with E-state index in [4.69, 9.17) is 4.74 Å². The molecule has 0 amide bonds. The molecule has 1 atom stereocenters. The first-order chi connectivity index (χ1) is 14.3. The monoisotopic (exact) mass is 437 g/mol. The zero-order chi connectivity index (χ0) is 22.1. The molecule has 0 aliphatic heterocycles. The minimum absolute atomic E-state index is 0.00733. The van der Waals surface area contributed by atoms with Crippen LogP contribution in [0.4, 0.5) is 0 Å². The van der Waals surface area contributed by atoms with Gasteiger partial charge in [0.1, 0.15) is 11.8 Å². The van der Waals surface area contributed by atoms with Crippen molar-refractivity contribution in [2.75, 3.05) is 20.8 Å². The smallest absolute Gasteiger partial charge is 0.323 e. The van der Waals surface area contributed by atoms with Crippen LogP contribution in [0.1, 0.15) is 32.6 Å². The van der Waals surface area contributed by atoms with Crippen molar-refractivity contribution in [2.24, 2.45) is 0 Å². The van der Waals surface area contributed by atoms with E-state index < -0.39 is 28.0 Å². The first kappa shape index (κ1) is 23.6. The SMILES string of the molecule is CCCCOc1ccc(S(=O)(=O)N[C@H](CCC(=O)OC)C(=O)OC)c2ccccc12. The number of nitrogens with one attached hydrogen (secondary N) is 1. The van der Waals surface area contributed by atoms with E-state index in [1.807, 2.05) is 0 Å². The highest BCUT2D eigenvalue weighted by atomic mass is 32.2. The maximum Gasteiger partial charge on any atom is 0.323 e. The van der Waals surface area contributed by atoms with Crippen LogP contribution in [0.5, 0.6) is 5.75 Å². The minimum atomic E-state index is -4.10. The number of carbonyl (C=O) groups excluding carboxylic acids is 2. The van der Waals surface area contributed by atoms with Crippen molar-refractivity contribution in [1.29, 1.82) is 0 Å². The number of rotatable bonds is 11. The Kier molecular flexibility index (Phi) is 8.61. The highest BCUT2D eigenvalue weighted by Gasteiger charge is 2.28. The van der Waals surface area contributed by atoms with E-state index in [0.717, 1.165) is 20.0 Å². The molecule has 0 radical (unpaired) electrons. The van der Waals surface area contributed by atoms with Crippen LogP contribution in [0.2, 0.25) is 0 Å². The summed E-state index contributed by atoms with van der Waals surface area (Å²) in [7, 11) is -1.73. The maximum atomic E-state index is 13.1. The summed E-state index contributed by atoms with van der Waals surface area (Å²) in [5.74, 6) is -0.748. The zero-order valence-corrected chi connectivity index (χ0v) is 18.2. The predicted octanol–water partition coefficient (Wildman–Crippen LogP) is 2.79. The molecule has 0 aromatic heterocycles. The average Bonchev–Trinajstić information content (AvgIpc) is 2.75. The first-order valence-electron chi connectivity index (χ1n) is 9.65. The molecule has 9 heteroatoms. The predicted molar refractivity (Wildman–Crippen MR) is 112 cm³/mol. The number of unbranched alkanes of at least 4 members (excludes halogenated alkanes) is 1. The Morgan fingerprint density at radius 3 is 2.37 bits per heavy atom. The normalized spacial score (nSPS) is 12.4. The van der Waals surface area contributed by atoms with Crippen LogP contribution in [0.15, 0.2) is 41.3 Å². The van der Waals surface area contributed by atoms with Gasteiger partial charge < -0.3 is 14.2 Å². The molecular formula is C21H27NO7S. The van der Waals surface area contributed by atoms with Crippen LogP contribution in [-0.4, -0.2) is 47.2 Å². The van der Waals surface area contributed by atoms with Gasteiger partial charge in [0.15, 0.2) is 0 Å². The quantitative estimate of drug-likeness (QED) is 0.425. The summed E-state index contributed by atoms with van der Waals surface area (Å²) < 4.78 is 43.6. The Hall–Kier alpha value is -2.65. The van der Waals surface area contributed by atoms with Gasteiger partial charge in [0, 0.05) is 17.2 Å². The molecule has 2 aromatic rings. The summed E-state index contributed by atoms with van der Waals surface area (Å²) in [4.78, 5) is 23.5. The fourth-order valence-corrected chi connectivity index (χ4v) is 4.34. The van der Waals surface area contributed by atoms with Crippen LogP contribution in [0, 0.1) is 0 Å². The third-order valence-electron chi connectivity index (χ3n) is 4.54. The lowest BCUT2D eigenvalue weighted by Crippen LogP contribution is -2.41. The van der Waals surface area contributed by atoms with Crippen LogP contribution in [0.25, 0.3) is 10.8 Å². The molecule has 0 fully saturated rings. The second kappa shape index (κ2) is 10.9. The molecule has 0 saturated heterocycles. The summed E-state index contributed by atoms with van der Waals surface area (Å²) in [6.45, 7) is 2.59. The lowest BCUT2D eigenvalue weighted by atomic mass is 10.1. The van der Waals surface area contributed by atoms with Gasteiger partial charge >= 0.3 is 11.9 Å². The molecule has 164 valence electrons. The highest BCUT2D eigenvalue weighted by Crippen LogP contribution is 2.31. The molecule has 2 rings (SSSR count). The third-order valence-corrected chi connectivity index (χ3v) is 6.07. The summed E-state index contributed by atoms with van der Waals surface area (Å²) in [6, 6.07) is 8.81. The van der Waals surface area contributed by atoms with Gasteiger partial charge in [-0.3, -0.25) is 9.59 Å². The van der Waals surface area contributed by atoms with Gasteiger partial charge in [0.2, 0.25) is 10.0 Å². The Labute approximate surface area is 176 Å². The number of sulfonamides is 1. The van der Waals surface area contributed by atoms with Gasteiger partial charge in [0.05, 0.1) is 25.7 Å². The number of hydrogen-bond acceptors (Lipinski definition) is 7. The second-order valence-corrected chi connectivity index (χ2v) is 8.30. The number of methoxy groups -OCH3 is 2. The van der Waals surface area contributed by atoms with Gasteiger partial charge in [-0.1, -0.05) is 37.6 Å². The van der Waals surface area contributed by atoms with E-state index in [-0.39, 0.29) is 17.7 Å². The Balaban J connectivity index is 2.36. The largest absolute Gasteiger partial charge is 0.493 e. The molecule has 1 N–H and O–H groups in total. The lowest BCUT2D eigenvalue weighted by molar-refractivity contribution is -0.144. The van der Waals surface area contributed by atoms with Crippen molar-refractivity contribution in [3.05, 3.63) is 36.4 Å². The molecule has 0 saturated carbocycles. The summed E-state index contributed by atoms with van der Waals surface area (Å²) in [6.07, 6.45) is 1.64. The number of benzene rings is 2. The number of hydrogen-bond donors (Lipinski definition) is 1. The van der Waals surface area contributed by atoms with Gasteiger partial charge in [-0.05, 0) is 25.0 Å². The van der Waals surface area contributed by atoms with E-state index in [9.17, 15) is 18.0 Å². The fraction of sp³-hybridized carbons (Fsp3) is 0.429. The van der Waals surface area contributed by atoms with Gasteiger partial charge in [0.25, 0.3) is 0 Å². The number of esters is 2. The van der Waals surface area contributed by atoms with Gasteiger partial charge in [-0.15, -0.1) is 0 Å². The molecular weight excluding hydrogens is 410 g/mol. The maximum absolute atomic E-state index is 13.1. The Morgan fingerprint density at radius 2 is 1.73 bits per heavy atom. The Bertz CT molecular complexity index is 988. The van der Waals surface area contributed by atoms with Crippen molar-refractivity contribution in [3.8, 4) is 5.75 Å². The molecule has 0 aliphatic rings. The topological polar surface area (TPSA) is 108 Å². The second-order valence-electron chi connectivity index (χ2n) is 6.62. The van der Waals surface area contributed by atoms with Crippen LogP contribution in [0.3, 0.4) is 0 Å². The van der Waals surface area contributed by atoms with E-state index >= 15 is 0 Å². The molecule has 8 nitrogen and oxygen atoms in total. The molecule has 0 spiro atoms.